The smallest absolute Gasteiger partial charge is 0.303 e. The molecule has 3 unspecified atom stereocenters. The van der Waals surface area contributed by atoms with E-state index in [0.29, 0.717) is 11.1 Å². The highest BCUT2D eigenvalue weighted by Crippen LogP contribution is 2.34. The molecule has 2 aromatic carbocycles. The fourth-order valence-electron chi connectivity index (χ4n) is 3.60. The average molecular weight is 589 g/mol. The SMILES string of the molecule is [2H]C(OC[C@H]1OC(OC(=N)C(Cl)(Cl)Cl)[C@H](OC(C)=O)[C@@H](OCC=C)[C@@H]1OC([2H])c1ccccc1)c1ccccc1. The Balaban J connectivity index is 1.97. The highest BCUT2D eigenvalue weighted by Gasteiger charge is 2.51. The van der Waals surface area contributed by atoms with E-state index in [2.05, 4.69) is 6.58 Å². The highest BCUT2D eigenvalue weighted by atomic mass is 35.6. The minimum Gasteiger partial charge on any atom is -0.453 e. The minimum absolute atomic E-state index is 0.00355. The first kappa shape index (κ1) is 27.4. The number of halogens is 3. The zero-order valence-corrected chi connectivity index (χ0v) is 22.8. The van der Waals surface area contributed by atoms with Gasteiger partial charge in [-0.2, -0.15) is 0 Å². The summed E-state index contributed by atoms with van der Waals surface area (Å²) in [7, 11) is 0. The number of carbonyl (C=O) groups is 1. The molecule has 7 atom stereocenters. The van der Waals surface area contributed by atoms with Gasteiger partial charge in [0.05, 0.1) is 29.1 Å². The Labute approximate surface area is 240 Å². The van der Waals surface area contributed by atoms with Crippen molar-refractivity contribution in [1.82, 2.24) is 0 Å². The summed E-state index contributed by atoms with van der Waals surface area (Å²) < 4.78 is 49.8. The Hall–Kier alpha value is -2.17. The number of nitrogens with one attached hydrogen (secondary N) is 1. The van der Waals surface area contributed by atoms with E-state index in [4.69, 9.17) is 71.4 Å². The maximum Gasteiger partial charge on any atom is 0.303 e. The number of alkyl halides is 3. The van der Waals surface area contributed by atoms with E-state index in [1.54, 1.807) is 48.5 Å². The lowest BCUT2D eigenvalue weighted by Gasteiger charge is -2.45. The van der Waals surface area contributed by atoms with Crippen molar-refractivity contribution < 1.29 is 36.0 Å². The van der Waals surface area contributed by atoms with Gasteiger partial charge in [0.2, 0.25) is 12.2 Å². The Morgan fingerprint density at radius 3 is 2.16 bits per heavy atom. The quantitative estimate of drug-likeness (QED) is 0.117. The summed E-state index contributed by atoms with van der Waals surface area (Å²) in [5.74, 6) is -1.49. The Bertz CT molecular complexity index is 1110. The van der Waals surface area contributed by atoms with Crippen LogP contribution in [0.3, 0.4) is 0 Å². The molecular formula is C27H30Cl3NO7. The first-order chi connectivity index (χ1) is 19.0. The number of esters is 1. The van der Waals surface area contributed by atoms with Crippen LogP contribution in [0, 0.1) is 5.41 Å². The van der Waals surface area contributed by atoms with Gasteiger partial charge in [0.15, 0.2) is 6.10 Å². The van der Waals surface area contributed by atoms with Crippen molar-refractivity contribution in [2.75, 3.05) is 13.2 Å². The van der Waals surface area contributed by atoms with Gasteiger partial charge < -0.3 is 28.4 Å². The Morgan fingerprint density at radius 1 is 1.00 bits per heavy atom. The molecule has 1 aliphatic heterocycles. The molecule has 1 heterocycles. The molecule has 3 rings (SSSR count). The van der Waals surface area contributed by atoms with Gasteiger partial charge in [-0.25, -0.2) is 0 Å². The fourth-order valence-corrected chi connectivity index (χ4v) is 3.73. The molecule has 0 aromatic heterocycles. The number of hydrogen-bond donors (Lipinski definition) is 1. The van der Waals surface area contributed by atoms with Crippen LogP contribution in [0.4, 0.5) is 0 Å². The summed E-state index contributed by atoms with van der Waals surface area (Å²) in [5.41, 5.74) is 1.15. The van der Waals surface area contributed by atoms with Crippen molar-refractivity contribution in [1.29, 1.82) is 5.41 Å². The Morgan fingerprint density at radius 2 is 1.61 bits per heavy atom. The molecule has 0 aliphatic carbocycles. The molecule has 8 nitrogen and oxygen atoms in total. The van der Waals surface area contributed by atoms with Crippen LogP contribution in [-0.2, 0) is 46.4 Å². The van der Waals surface area contributed by atoms with Gasteiger partial charge in [0.25, 0.3) is 3.79 Å². The van der Waals surface area contributed by atoms with E-state index >= 15 is 0 Å². The third-order valence-electron chi connectivity index (χ3n) is 5.23. The predicted molar refractivity (Wildman–Crippen MR) is 144 cm³/mol. The molecule has 1 N–H and O–H groups in total. The van der Waals surface area contributed by atoms with Gasteiger partial charge in [0.1, 0.15) is 18.3 Å². The van der Waals surface area contributed by atoms with Crippen LogP contribution in [0.2, 0.25) is 0 Å². The van der Waals surface area contributed by atoms with Gasteiger partial charge in [0, 0.05) is 6.92 Å². The zero-order chi connectivity index (χ0) is 29.3. The summed E-state index contributed by atoms with van der Waals surface area (Å²) in [5, 5.41) is 8.06. The van der Waals surface area contributed by atoms with Crippen molar-refractivity contribution in [2.45, 2.75) is 54.6 Å². The molecule has 1 aliphatic rings. The summed E-state index contributed by atoms with van der Waals surface area (Å²) in [4.78, 5) is 12.1. The van der Waals surface area contributed by atoms with Gasteiger partial charge in [-0.1, -0.05) is 102 Å². The van der Waals surface area contributed by atoms with Gasteiger partial charge in [-0.05, 0) is 11.1 Å². The van der Waals surface area contributed by atoms with Gasteiger partial charge in [-0.15, -0.1) is 6.58 Å². The van der Waals surface area contributed by atoms with E-state index in [9.17, 15) is 4.79 Å². The van der Waals surface area contributed by atoms with Crippen LogP contribution in [-0.4, -0.2) is 59.6 Å². The van der Waals surface area contributed by atoms with Crippen molar-refractivity contribution >= 4 is 46.7 Å². The third kappa shape index (κ3) is 9.24. The topological polar surface area (TPSA) is 96.3 Å². The van der Waals surface area contributed by atoms with Crippen LogP contribution in [0.5, 0.6) is 0 Å². The molecule has 0 radical (unpaired) electrons. The summed E-state index contributed by atoms with van der Waals surface area (Å²) in [6, 6.07) is 17.6. The van der Waals surface area contributed by atoms with Crippen molar-refractivity contribution in [2.24, 2.45) is 0 Å². The maximum absolute atomic E-state index is 12.1. The molecule has 2 aromatic rings. The molecule has 0 spiro atoms. The maximum atomic E-state index is 12.1. The predicted octanol–water partition coefficient (Wildman–Crippen LogP) is 5.38. The fraction of sp³-hybridized carbons (Fsp3) is 0.407. The van der Waals surface area contributed by atoms with Gasteiger partial charge in [-0.3, -0.25) is 10.2 Å². The van der Waals surface area contributed by atoms with Crippen LogP contribution in [0.1, 0.15) is 20.8 Å². The molecule has 1 saturated heterocycles. The largest absolute Gasteiger partial charge is 0.453 e. The second kappa shape index (κ2) is 14.8. The highest BCUT2D eigenvalue weighted by molar-refractivity contribution is 6.76. The van der Waals surface area contributed by atoms with E-state index < -0.39 is 59.5 Å². The lowest BCUT2D eigenvalue weighted by atomic mass is 9.98. The second-order valence-corrected chi connectivity index (χ2v) is 10.4. The lowest BCUT2D eigenvalue weighted by Crippen LogP contribution is -2.62. The standard InChI is InChI=1S/C27H30Cl3NO7/c1-3-14-34-23-22(35-16-20-12-8-5-9-13-20)21(17-33-15-19-10-6-4-7-11-19)37-25(24(23)36-18(2)32)38-26(31)27(28,29)30/h3-13,21-25,31H,1,14-17H2,2H3/t21-,22-,23+,24-,25?/m1/s1/i15D,16D/t15?,16?,21-,22-,23+,24-,25?. The zero-order valence-electron chi connectivity index (χ0n) is 22.5. The monoisotopic (exact) mass is 587 g/mol. The normalized spacial score (nSPS) is 25.8. The number of carbonyl (C=O) groups excluding carboxylic acids is 1. The molecule has 11 heteroatoms. The van der Waals surface area contributed by atoms with E-state index in [-0.39, 0.29) is 13.2 Å². The van der Waals surface area contributed by atoms with E-state index in [0.717, 1.165) is 0 Å². The molecule has 1 fully saturated rings. The van der Waals surface area contributed by atoms with Crippen LogP contribution in [0.15, 0.2) is 73.3 Å². The number of ether oxygens (including phenoxy) is 6. The Kier molecular flexibility index (Phi) is 10.7. The number of benzene rings is 2. The summed E-state index contributed by atoms with van der Waals surface area (Å²) >= 11 is 17.5. The van der Waals surface area contributed by atoms with Crippen molar-refractivity contribution in [3.63, 3.8) is 0 Å². The molecule has 38 heavy (non-hydrogen) atoms. The van der Waals surface area contributed by atoms with E-state index in [1.807, 2.05) is 12.1 Å². The first-order valence-electron chi connectivity index (χ1n) is 12.8. The summed E-state index contributed by atoms with van der Waals surface area (Å²) in [6.07, 6.45) is -4.53. The average Bonchev–Trinajstić information content (AvgIpc) is 2.93. The summed E-state index contributed by atoms with van der Waals surface area (Å²) in [6.45, 7) is 2.35. The molecule has 0 amide bonds. The van der Waals surface area contributed by atoms with Crippen molar-refractivity contribution in [3.8, 4) is 0 Å². The lowest BCUT2D eigenvalue weighted by molar-refractivity contribution is -0.302. The van der Waals surface area contributed by atoms with Crippen molar-refractivity contribution in [3.05, 3.63) is 84.4 Å². The number of rotatable bonds is 12. The number of hydrogen-bond acceptors (Lipinski definition) is 8. The second-order valence-electron chi connectivity index (χ2n) is 8.14. The minimum atomic E-state index is -2.24. The van der Waals surface area contributed by atoms with Gasteiger partial charge >= 0.3 is 5.97 Å². The molecular weight excluding hydrogens is 557 g/mol. The molecule has 0 saturated carbocycles. The first-order valence-corrected chi connectivity index (χ1v) is 12.7. The molecule has 0 bridgehead atoms. The van der Waals surface area contributed by atoms with Crippen LogP contribution in [0.25, 0.3) is 0 Å². The van der Waals surface area contributed by atoms with Crippen LogP contribution < -0.4 is 0 Å². The third-order valence-corrected chi connectivity index (χ3v) is 5.75. The molecule has 206 valence electrons. The van der Waals surface area contributed by atoms with Crippen LogP contribution >= 0.6 is 34.8 Å². The van der Waals surface area contributed by atoms with E-state index in [1.165, 1.54) is 13.0 Å².